The lowest BCUT2D eigenvalue weighted by Gasteiger charge is -2.02. The monoisotopic (exact) mass is 285 g/mol. The lowest BCUT2D eigenvalue weighted by atomic mass is 10.0. The molecule has 0 aromatic carbocycles. The molecule has 0 aromatic rings. The quantitative estimate of drug-likeness (QED) is 0.302. The second-order valence-electron chi connectivity index (χ2n) is 5.26. The molecule has 0 N–H and O–H groups in total. The molecule has 0 aliphatic carbocycles. The number of nitrogens with zero attached hydrogens (tertiary/aromatic N) is 1. The van der Waals surface area contributed by atoms with E-state index in [0.29, 0.717) is 6.42 Å². The minimum absolute atomic E-state index is 0.199. The van der Waals surface area contributed by atoms with Crippen molar-refractivity contribution in [3.63, 3.8) is 0 Å². The molecular formula is C16H28ClNO. The van der Waals surface area contributed by atoms with E-state index in [0.717, 1.165) is 25.7 Å². The first-order valence-electron chi connectivity index (χ1n) is 7.82. The van der Waals surface area contributed by atoms with E-state index in [1.54, 1.807) is 0 Å². The molecule has 0 unspecified atom stereocenters. The van der Waals surface area contributed by atoms with Crippen molar-refractivity contribution in [3.05, 3.63) is 0 Å². The van der Waals surface area contributed by atoms with Crippen LogP contribution in [0.3, 0.4) is 0 Å². The molecule has 0 saturated heterocycles. The van der Waals surface area contributed by atoms with E-state index in [1.807, 2.05) is 0 Å². The smallest absolute Gasteiger partial charge is 0.221 e. The van der Waals surface area contributed by atoms with Crippen LogP contribution in [-0.2, 0) is 4.79 Å². The van der Waals surface area contributed by atoms with Gasteiger partial charge in [0.2, 0.25) is 5.24 Å². The summed E-state index contributed by atoms with van der Waals surface area (Å²) >= 11 is 5.27. The summed E-state index contributed by atoms with van der Waals surface area (Å²) in [7, 11) is 0. The van der Waals surface area contributed by atoms with Gasteiger partial charge in [0, 0.05) is 12.8 Å². The predicted molar refractivity (Wildman–Crippen MR) is 81.1 cm³/mol. The van der Waals surface area contributed by atoms with Crippen molar-refractivity contribution in [2.45, 2.75) is 89.9 Å². The van der Waals surface area contributed by atoms with Gasteiger partial charge in [0.1, 0.15) is 0 Å². The number of hydrogen-bond acceptors (Lipinski definition) is 2. The van der Waals surface area contributed by atoms with Gasteiger partial charge >= 0.3 is 0 Å². The second-order valence-corrected chi connectivity index (χ2v) is 5.68. The Morgan fingerprint density at radius 3 is 1.47 bits per heavy atom. The highest BCUT2D eigenvalue weighted by molar-refractivity contribution is 6.63. The van der Waals surface area contributed by atoms with Crippen LogP contribution in [-0.4, -0.2) is 5.24 Å². The normalized spacial score (nSPS) is 10.3. The van der Waals surface area contributed by atoms with Gasteiger partial charge in [-0.1, -0.05) is 64.2 Å². The van der Waals surface area contributed by atoms with E-state index in [4.69, 9.17) is 16.9 Å². The first-order valence-corrected chi connectivity index (χ1v) is 8.20. The Morgan fingerprint density at radius 1 is 0.737 bits per heavy atom. The summed E-state index contributed by atoms with van der Waals surface area (Å²) in [6.45, 7) is 0. The van der Waals surface area contributed by atoms with Gasteiger partial charge in [0.15, 0.2) is 0 Å². The van der Waals surface area contributed by atoms with Crippen molar-refractivity contribution in [2.75, 3.05) is 0 Å². The van der Waals surface area contributed by atoms with Crippen LogP contribution in [0.25, 0.3) is 0 Å². The van der Waals surface area contributed by atoms with E-state index < -0.39 is 0 Å². The fraction of sp³-hybridized carbons (Fsp3) is 0.875. The number of hydrogen-bond donors (Lipinski definition) is 0. The largest absolute Gasteiger partial charge is 0.281 e. The highest BCUT2D eigenvalue weighted by atomic mass is 35.5. The Bertz CT molecular complexity index is 248. The summed E-state index contributed by atoms with van der Waals surface area (Å²) in [5.74, 6) is 0. The van der Waals surface area contributed by atoms with Crippen LogP contribution in [0, 0.1) is 11.3 Å². The highest BCUT2D eigenvalue weighted by Crippen LogP contribution is 2.13. The average Bonchev–Trinajstić information content (AvgIpc) is 2.39. The number of unbranched alkanes of at least 4 members (excludes halogenated alkanes) is 12. The van der Waals surface area contributed by atoms with Gasteiger partial charge in [-0.05, 0) is 24.4 Å². The molecule has 2 nitrogen and oxygen atoms in total. The van der Waals surface area contributed by atoms with Gasteiger partial charge in [-0.3, -0.25) is 4.79 Å². The minimum atomic E-state index is -0.199. The Balaban J connectivity index is 2.95. The molecule has 0 rings (SSSR count). The summed E-state index contributed by atoms with van der Waals surface area (Å²) in [6.07, 6.45) is 16.1. The summed E-state index contributed by atoms with van der Waals surface area (Å²) < 4.78 is 0. The van der Waals surface area contributed by atoms with Crippen molar-refractivity contribution in [1.82, 2.24) is 0 Å². The van der Waals surface area contributed by atoms with E-state index in [1.165, 1.54) is 57.8 Å². The molecule has 0 radical (unpaired) electrons. The molecule has 110 valence electrons. The SMILES string of the molecule is N#CCCCCCCCCCCCCCCC(=O)Cl. The zero-order valence-corrected chi connectivity index (χ0v) is 12.9. The first-order chi connectivity index (χ1) is 9.27. The molecule has 0 aromatic heterocycles. The highest BCUT2D eigenvalue weighted by Gasteiger charge is 1.96. The number of rotatable bonds is 14. The van der Waals surface area contributed by atoms with Gasteiger partial charge in [-0.25, -0.2) is 0 Å². The summed E-state index contributed by atoms with van der Waals surface area (Å²) in [5.41, 5.74) is 0. The van der Waals surface area contributed by atoms with Crippen LogP contribution in [0.15, 0.2) is 0 Å². The molecule has 0 atom stereocenters. The van der Waals surface area contributed by atoms with Crippen LogP contribution in [0.5, 0.6) is 0 Å². The average molecular weight is 286 g/mol. The fourth-order valence-corrected chi connectivity index (χ4v) is 2.37. The second kappa shape index (κ2) is 15.5. The Labute approximate surface area is 123 Å². The molecule has 0 fully saturated rings. The standard InChI is InChI=1S/C16H28ClNO/c17-16(19)14-12-10-8-6-4-2-1-3-5-7-9-11-13-15-18/h1-14H2. The Hall–Kier alpha value is -0.550. The van der Waals surface area contributed by atoms with Crippen molar-refractivity contribution < 1.29 is 4.79 Å². The number of halogens is 1. The third-order valence-electron chi connectivity index (χ3n) is 3.41. The van der Waals surface area contributed by atoms with Gasteiger partial charge in [0.25, 0.3) is 0 Å². The maximum atomic E-state index is 10.5. The van der Waals surface area contributed by atoms with Crippen LogP contribution in [0.2, 0.25) is 0 Å². The maximum absolute atomic E-state index is 10.5. The third-order valence-corrected chi connectivity index (χ3v) is 3.60. The van der Waals surface area contributed by atoms with E-state index in [-0.39, 0.29) is 5.24 Å². The van der Waals surface area contributed by atoms with Gasteiger partial charge in [-0.2, -0.15) is 5.26 Å². The zero-order valence-electron chi connectivity index (χ0n) is 12.1. The summed E-state index contributed by atoms with van der Waals surface area (Å²) in [6, 6.07) is 2.19. The van der Waals surface area contributed by atoms with Crippen LogP contribution in [0.4, 0.5) is 0 Å². The minimum Gasteiger partial charge on any atom is -0.281 e. The van der Waals surface area contributed by atoms with Crippen LogP contribution < -0.4 is 0 Å². The van der Waals surface area contributed by atoms with Gasteiger partial charge < -0.3 is 0 Å². The van der Waals surface area contributed by atoms with Crippen LogP contribution in [0.1, 0.15) is 89.9 Å². The van der Waals surface area contributed by atoms with Crippen molar-refractivity contribution in [3.8, 4) is 6.07 Å². The van der Waals surface area contributed by atoms with Crippen LogP contribution >= 0.6 is 11.6 Å². The van der Waals surface area contributed by atoms with Crippen molar-refractivity contribution >= 4 is 16.8 Å². The lowest BCUT2D eigenvalue weighted by Crippen LogP contribution is -1.86. The number of carbonyl (C=O) groups is 1. The fourth-order valence-electron chi connectivity index (χ4n) is 2.24. The zero-order chi connectivity index (χ0) is 14.2. The molecule has 0 spiro atoms. The number of nitriles is 1. The molecule has 3 heteroatoms. The van der Waals surface area contributed by atoms with E-state index in [9.17, 15) is 4.79 Å². The van der Waals surface area contributed by atoms with E-state index >= 15 is 0 Å². The molecule has 0 saturated carbocycles. The molecule has 0 aliphatic rings. The topological polar surface area (TPSA) is 40.9 Å². The molecule has 0 heterocycles. The maximum Gasteiger partial charge on any atom is 0.221 e. The van der Waals surface area contributed by atoms with Gasteiger partial charge in [0.05, 0.1) is 6.07 Å². The molecule has 19 heavy (non-hydrogen) atoms. The predicted octanol–water partition coefficient (Wildman–Crippen LogP) is 5.74. The first kappa shape index (κ1) is 18.4. The number of carbonyl (C=O) groups excluding carboxylic acids is 1. The molecule has 0 bridgehead atoms. The molecule has 0 aliphatic heterocycles. The summed E-state index contributed by atoms with van der Waals surface area (Å²) in [4.78, 5) is 10.5. The Morgan fingerprint density at radius 2 is 1.11 bits per heavy atom. The molecule has 0 amide bonds. The third kappa shape index (κ3) is 17.4. The van der Waals surface area contributed by atoms with E-state index in [2.05, 4.69) is 6.07 Å². The van der Waals surface area contributed by atoms with Gasteiger partial charge in [-0.15, -0.1) is 0 Å². The Kier molecular flexibility index (Phi) is 15.1. The van der Waals surface area contributed by atoms with Crippen molar-refractivity contribution in [1.29, 1.82) is 5.26 Å². The van der Waals surface area contributed by atoms with Crippen molar-refractivity contribution in [2.24, 2.45) is 0 Å². The lowest BCUT2D eigenvalue weighted by molar-refractivity contribution is -0.111. The summed E-state index contributed by atoms with van der Waals surface area (Å²) in [5, 5.41) is 8.20. The molecular weight excluding hydrogens is 258 g/mol.